The molecule has 0 radical (unpaired) electrons. The summed E-state index contributed by atoms with van der Waals surface area (Å²) in [5, 5.41) is 8.96. The summed E-state index contributed by atoms with van der Waals surface area (Å²) in [7, 11) is 2.84. The van der Waals surface area contributed by atoms with Crippen molar-refractivity contribution in [2.45, 2.75) is 13.8 Å². The van der Waals surface area contributed by atoms with Gasteiger partial charge in [0, 0.05) is 0 Å². The second-order valence-corrected chi connectivity index (χ2v) is 3.47. The molecule has 0 aliphatic carbocycles. The Bertz CT molecular complexity index is 458. The fourth-order valence-corrected chi connectivity index (χ4v) is 1.09. The van der Waals surface area contributed by atoms with Crippen molar-refractivity contribution in [3.63, 3.8) is 0 Å². The number of hydrogen-bond donors (Lipinski definition) is 1. The van der Waals surface area contributed by atoms with Gasteiger partial charge in [0.05, 0.1) is 20.3 Å². The third-order valence-corrected chi connectivity index (χ3v) is 1.92. The van der Waals surface area contributed by atoms with Crippen LogP contribution in [0.4, 0.5) is 0 Å². The first kappa shape index (κ1) is 13.8. The predicted octanol–water partition coefficient (Wildman–Crippen LogP) is 1.25. The molecule has 98 valence electrons. The molecule has 0 spiro atoms. The molecule has 0 unspecified atom stereocenters. The number of methoxy groups -OCH3 is 2. The average molecular weight is 254 g/mol. The van der Waals surface area contributed by atoms with Gasteiger partial charge in [0.15, 0.2) is 0 Å². The number of nitrogens with zero attached hydrogens (tertiary/aromatic N) is 2. The lowest BCUT2D eigenvalue weighted by Gasteiger charge is -2.08. The van der Waals surface area contributed by atoms with E-state index in [-0.39, 0.29) is 23.5 Å². The smallest absolute Gasteiger partial charge is 0.371 e. The second kappa shape index (κ2) is 5.85. The number of carbonyl (C=O) groups is 1. The summed E-state index contributed by atoms with van der Waals surface area (Å²) in [6.45, 7) is 3.22. The van der Waals surface area contributed by atoms with Crippen LogP contribution in [0.5, 0.6) is 17.8 Å². The molecule has 7 nitrogen and oxygen atoms in total. The molecule has 18 heavy (non-hydrogen) atoms. The number of aromatic nitrogens is 2. The minimum atomic E-state index is -1.19. The molecule has 0 fully saturated rings. The molecule has 0 aliphatic heterocycles. The maximum atomic E-state index is 11.0. The van der Waals surface area contributed by atoms with Crippen molar-refractivity contribution >= 4 is 5.97 Å². The van der Waals surface area contributed by atoms with Crippen molar-refractivity contribution in [3.8, 4) is 17.8 Å². The Labute approximate surface area is 104 Å². The van der Waals surface area contributed by atoms with Crippen LogP contribution in [0.2, 0.25) is 0 Å². The third-order valence-electron chi connectivity index (χ3n) is 1.92. The largest absolute Gasteiger partial charge is 0.481 e. The van der Waals surface area contributed by atoms with Crippen LogP contribution in [0, 0.1) is 0 Å². The standard InChI is InChI=1S/C11H14N2O5/c1-6(2)9(10(14)15)18-11-12-7(16-3)5-8(13-11)17-4/h5H,1-4H3,(H,14,15). The zero-order chi connectivity index (χ0) is 13.7. The molecule has 0 saturated carbocycles. The highest BCUT2D eigenvalue weighted by molar-refractivity contribution is 5.85. The molecule has 0 aromatic carbocycles. The maximum Gasteiger partial charge on any atom is 0.371 e. The average Bonchev–Trinajstić information content (AvgIpc) is 2.34. The van der Waals surface area contributed by atoms with Crippen molar-refractivity contribution in [3.05, 3.63) is 17.4 Å². The van der Waals surface area contributed by atoms with Gasteiger partial charge < -0.3 is 19.3 Å². The van der Waals surface area contributed by atoms with Gasteiger partial charge in [0.2, 0.25) is 17.5 Å². The molecule has 1 aromatic heterocycles. The van der Waals surface area contributed by atoms with Gasteiger partial charge in [-0.2, -0.15) is 9.97 Å². The number of rotatable bonds is 5. The number of aliphatic carboxylic acids is 1. The Morgan fingerprint density at radius 2 is 1.67 bits per heavy atom. The number of carboxylic acid groups (broad SMARTS) is 1. The van der Waals surface area contributed by atoms with Crippen LogP contribution in [-0.4, -0.2) is 35.3 Å². The van der Waals surface area contributed by atoms with E-state index < -0.39 is 5.97 Å². The summed E-state index contributed by atoms with van der Waals surface area (Å²) in [6, 6.07) is 1.31. The van der Waals surface area contributed by atoms with Crippen LogP contribution in [0.1, 0.15) is 13.8 Å². The van der Waals surface area contributed by atoms with Gasteiger partial charge in [0.1, 0.15) is 0 Å². The Hall–Kier alpha value is -2.31. The number of ether oxygens (including phenoxy) is 3. The number of allylic oxidation sites excluding steroid dienone is 1. The zero-order valence-corrected chi connectivity index (χ0v) is 10.6. The lowest BCUT2D eigenvalue weighted by molar-refractivity contribution is -0.135. The van der Waals surface area contributed by atoms with E-state index in [1.807, 2.05) is 0 Å². The highest BCUT2D eigenvalue weighted by Crippen LogP contribution is 2.20. The van der Waals surface area contributed by atoms with Gasteiger partial charge in [-0.3, -0.25) is 0 Å². The topological polar surface area (TPSA) is 90.8 Å². The third kappa shape index (κ3) is 3.34. The lowest BCUT2D eigenvalue weighted by atomic mass is 10.3. The molecule has 1 N–H and O–H groups in total. The monoisotopic (exact) mass is 254 g/mol. The van der Waals surface area contributed by atoms with E-state index in [9.17, 15) is 4.79 Å². The molecule has 0 atom stereocenters. The Kier molecular flexibility index (Phi) is 4.47. The normalized spacial score (nSPS) is 9.56. The predicted molar refractivity (Wildman–Crippen MR) is 61.8 cm³/mol. The highest BCUT2D eigenvalue weighted by Gasteiger charge is 2.15. The summed E-state index contributed by atoms with van der Waals surface area (Å²) in [5.74, 6) is -0.989. The first-order valence-electron chi connectivity index (χ1n) is 5.03. The number of hydrogen-bond acceptors (Lipinski definition) is 6. The van der Waals surface area contributed by atoms with Crippen LogP contribution in [0.3, 0.4) is 0 Å². The second-order valence-electron chi connectivity index (χ2n) is 3.47. The van der Waals surface area contributed by atoms with E-state index in [4.69, 9.17) is 19.3 Å². The van der Waals surface area contributed by atoms with E-state index in [2.05, 4.69) is 9.97 Å². The quantitative estimate of drug-likeness (QED) is 0.624. The molecule has 0 saturated heterocycles. The van der Waals surface area contributed by atoms with Gasteiger partial charge in [-0.15, -0.1) is 0 Å². The fourth-order valence-electron chi connectivity index (χ4n) is 1.09. The van der Waals surface area contributed by atoms with Crippen LogP contribution < -0.4 is 14.2 Å². The highest BCUT2D eigenvalue weighted by atomic mass is 16.5. The Balaban J connectivity index is 3.10. The van der Waals surface area contributed by atoms with Crippen molar-refractivity contribution in [2.75, 3.05) is 14.2 Å². The molecule has 0 bridgehead atoms. The van der Waals surface area contributed by atoms with Crippen LogP contribution >= 0.6 is 0 Å². The first-order chi connectivity index (χ1) is 8.47. The molecular formula is C11H14N2O5. The summed E-state index contributed by atoms with van der Waals surface area (Å²) in [6.07, 6.45) is 0. The summed E-state index contributed by atoms with van der Waals surface area (Å²) in [5.41, 5.74) is 0.493. The summed E-state index contributed by atoms with van der Waals surface area (Å²) >= 11 is 0. The van der Waals surface area contributed by atoms with Crippen LogP contribution in [0.25, 0.3) is 0 Å². The van der Waals surface area contributed by atoms with Crippen molar-refractivity contribution < 1.29 is 24.1 Å². The summed E-state index contributed by atoms with van der Waals surface area (Å²) in [4.78, 5) is 18.7. The minimum Gasteiger partial charge on any atom is -0.481 e. The fraction of sp³-hybridized carbons (Fsp3) is 0.364. The molecule has 7 heteroatoms. The van der Waals surface area contributed by atoms with E-state index >= 15 is 0 Å². The SMILES string of the molecule is COc1cc(OC)nc(OC(C(=O)O)=C(C)C)n1. The van der Waals surface area contributed by atoms with Crippen molar-refractivity contribution in [2.24, 2.45) is 0 Å². The van der Waals surface area contributed by atoms with E-state index in [1.54, 1.807) is 13.8 Å². The van der Waals surface area contributed by atoms with Crippen molar-refractivity contribution in [1.29, 1.82) is 0 Å². The Morgan fingerprint density at radius 3 is 2.00 bits per heavy atom. The van der Waals surface area contributed by atoms with Gasteiger partial charge in [-0.25, -0.2) is 4.79 Å². The molecular weight excluding hydrogens is 240 g/mol. The molecule has 0 aliphatic rings. The zero-order valence-electron chi connectivity index (χ0n) is 10.6. The maximum absolute atomic E-state index is 11.0. The first-order valence-corrected chi connectivity index (χ1v) is 5.03. The van der Waals surface area contributed by atoms with Gasteiger partial charge in [-0.05, 0) is 19.4 Å². The van der Waals surface area contributed by atoms with E-state index in [0.29, 0.717) is 5.57 Å². The van der Waals surface area contributed by atoms with E-state index in [1.165, 1.54) is 20.3 Å². The molecule has 1 rings (SSSR count). The van der Waals surface area contributed by atoms with Crippen LogP contribution in [-0.2, 0) is 4.79 Å². The van der Waals surface area contributed by atoms with Crippen molar-refractivity contribution in [1.82, 2.24) is 9.97 Å². The minimum absolute atomic E-state index is 0.148. The van der Waals surface area contributed by atoms with E-state index in [0.717, 1.165) is 0 Å². The molecule has 1 aromatic rings. The van der Waals surface area contributed by atoms with Gasteiger partial charge >= 0.3 is 12.0 Å². The number of carboxylic acids is 1. The lowest BCUT2D eigenvalue weighted by Crippen LogP contribution is -2.11. The van der Waals surface area contributed by atoms with Gasteiger partial charge in [-0.1, -0.05) is 0 Å². The Morgan fingerprint density at radius 1 is 1.17 bits per heavy atom. The summed E-state index contributed by atoms with van der Waals surface area (Å²) < 4.78 is 15.0. The van der Waals surface area contributed by atoms with Crippen LogP contribution in [0.15, 0.2) is 17.4 Å². The molecule has 0 amide bonds. The molecule has 1 heterocycles. The van der Waals surface area contributed by atoms with Gasteiger partial charge in [0.25, 0.3) is 0 Å².